The van der Waals surface area contributed by atoms with Crippen LogP contribution in [0.5, 0.6) is 5.75 Å². The summed E-state index contributed by atoms with van der Waals surface area (Å²) < 4.78 is 11.9. The SMILES string of the molecule is C=C(C)COc1ccnc([C](OCC[Si](C)(C)C)C(C)(C)C)c1N. The van der Waals surface area contributed by atoms with Crippen LogP contribution >= 0.6 is 0 Å². The molecule has 135 valence electrons. The van der Waals surface area contributed by atoms with Crippen LogP contribution in [0.3, 0.4) is 0 Å². The molecule has 0 bridgehead atoms. The number of anilines is 1. The molecular formula is C19H33N2O2Si. The molecule has 0 saturated carbocycles. The fourth-order valence-electron chi connectivity index (χ4n) is 2.06. The number of ether oxygens (including phenoxy) is 2. The van der Waals surface area contributed by atoms with E-state index in [0.29, 0.717) is 30.3 Å². The van der Waals surface area contributed by atoms with E-state index in [4.69, 9.17) is 15.2 Å². The van der Waals surface area contributed by atoms with Crippen LogP contribution in [0.2, 0.25) is 25.7 Å². The van der Waals surface area contributed by atoms with Crippen LogP contribution < -0.4 is 10.5 Å². The molecule has 1 rings (SSSR count). The first-order valence-corrected chi connectivity index (χ1v) is 12.1. The molecule has 0 aliphatic rings. The van der Waals surface area contributed by atoms with Crippen molar-refractivity contribution in [3.8, 4) is 5.75 Å². The van der Waals surface area contributed by atoms with Crippen molar-refractivity contribution in [2.75, 3.05) is 18.9 Å². The fourth-order valence-corrected chi connectivity index (χ4v) is 2.78. The standard InChI is InChI=1S/C19H33N2O2Si/c1-14(2)13-23-15-9-10-21-17(16(15)20)18(19(3,4)5)22-11-12-24(6,7)8/h9-10H,1,11-13,20H2,2-8H3. The van der Waals surface area contributed by atoms with Gasteiger partial charge in [0.15, 0.2) is 6.10 Å². The van der Waals surface area contributed by atoms with Crippen LogP contribution in [0.4, 0.5) is 5.69 Å². The highest BCUT2D eigenvalue weighted by atomic mass is 28.3. The summed E-state index contributed by atoms with van der Waals surface area (Å²) in [5, 5.41) is 0. The average molecular weight is 350 g/mol. The van der Waals surface area contributed by atoms with E-state index in [1.54, 1.807) is 12.3 Å². The molecule has 0 aromatic carbocycles. The van der Waals surface area contributed by atoms with Gasteiger partial charge in [0.1, 0.15) is 18.1 Å². The zero-order chi connectivity index (χ0) is 18.5. The normalized spacial score (nSPS) is 12.5. The Labute approximate surface area is 148 Å². The predicted molar refractivity (Wildman–Crippen MR) is 105 cm³/mol. The summed E-state index contributed by atoms with van der Waals surface area (Å²) in [4.78, 5) is 4.47. The number of rotatable bonds is 8. The first-order chi connectivity index (χ1) is 10.9. The first kappa shape index (κ1) is 20.7. The van der Waals surface area contributed by atoms with E-state index in [0.717, 1.165) is 17.7 Å². The maximum absolute atomic E-state index is 6.32. The number of hydrogen-bond donors (Lipinski definition) is 1. The van der Waals surface area contributed by atoms with Gasteiger partial charge in [-0.3, -0.25) is 4.98 Å². The summed E-state index contributed by atoms with van der Waals surface area (Å²) in [6, 6.07) is 2.88. The van der Waals surface area contributed by atoms with E-state index in [-0.39, 0.29) is 5.41 Å². The number of aromatic nitrogens is 1. The summed E-state index contributed by atoms with van der Waals surface area (Å²) in [5.41, 5.74) is 8.27. The molecule has 0 spiro atoms. The lowest BCUT2D eigenvalue weighted by Crippen LogP contribution is -2.28. The van der Waals surface area contributed by atoms with Crippen LogP contribution in [-0.2, 0) is 4.74 Å². The average Bonchev–Trinajstić information content (AvgIpc) is 2.40. The summed E-state index contributed by atoms with van der Waals surface area (Å²) in [6.45, 7) is 20.3. The monoisotopic (exact) mass is 349 g/mol. The Kier molecular flexibility index (Phi) is 7.05. The van der Waals surface area contributed by atoms with Crippen molar-refractivity contribution in [2.24, 2.45) is 5.41 Å². The van der Waals surface area contributed by atoms with Crippen molar-refractivity contribution >= 4 is 13.8 Å². The maximum atomic E-state index is 6.32. The van der Waals surface area contributed by atoms with Crippen molar-refractivity contribution < 1.29 is 9.47 Å². The number of nitrogens with two attached hydrogens (primary N) is 1. The van der Waals surface area contributed by atoms with Gasteiger partial charge in [0, 0.05) is 32.4 Å². The molecule has 4 nitrogen and oxygen atoms in total. The third kappa shape index (κ3) is 6.65. The number of pyridine rings is 1. The molecule has 1 aromatic rings. The second-order valence-corrected chi connectivity index (χ2v) is 14.2. The summed E-state index contributed by atoms with van der Waals surface area (Å²) in [5.74, 6) is 0.624. The topological polar surface area (TPSA) is 57.4 Å². The molecule has 1 aromatic heterocycles. The van der Waals surface area contributed by atoms with Gasteiger partial charge in [0.2, 0.25) is 0 Å². The summed E-state index contributed by atoms with van der Waals surface area (Å²) in [6.07, 6.45) is 2.53. The Hall–Kier alpha value is -1.33. The maximum Gasteiger partial charge on any atom is 0.152 e. The highest BCUT2D eigenvalue weighted by Crippen LogP contribution is 2.39. The van der Waals surface area contributed by atoms with Gasteiger partial charge >= 0.3 is 0 Å². The number of nitrogens with zero attached hydrogens (tertiary/aromatic N) is 1. The Morgan fingerprint density at radius 2 is 1.92 bits per heavy atom. The Balaban J connectivity index is 3.02. The van der Waals surface area contributed by atoms with Gasteiger partial charge in [-0.15, -0.1) is 0 Å². The summed E-state index contributed by atoms with van der Waals surface area (Å²) >= 11 is 0. The quantitative estimate of drug-likeness (QED) is 0.536. The van der Waals surface area contributed by atoms with Crippen molar-refractivity contribution in [3.05, 3.63) is 36.2 Å². The van der Waals surface area contributed by atoms with Crippen molar-refractivity contribution in [1.82, 2.24) is 4.98 Å². The van der Waals surface area contributed by atoms with Crippen LogP contribution in [0.15, 0.2) is 24.4 Å². The second kappa shape index (κ2) is 8.16. The van der Waals surface area contributed by atoms with Crippen molar-refractivity contribution in [1.29, 1.82) is 0 Å². The minimum atomic E-state index is -1.16. The highest BCUT2D eigenvalue weighted by Gasteiger charge is 2.33. The molecule has 0 aliphatic carbocycles. The predicted octanol–water partition coefficient (Wildman–Crippen LogP) is 4.90. The highest BCUT2D eigenvalue weighted by molar-refractivity contribution is 6.76. The fraction of sp³-hybridized carbons (Fsp3) is 0.579. The largest absolute Gasteiger partial charge is 0.487 e. The van der Waals surface area contributed by atoms with Crippen LogP contribution in [0.1, 0.15) is 33.4 Å². The van der Waals surface area contributed by atoms with Gasteiger partial charge in [-0.05, 0) is 18.5 Å². The van der Waals surface area contributed by atoms with Gasteiger partial charge in [-0.2, -0.15) is 0 Å². The molecule has 5 heteroatoms. The Morgan fingerprint density at radius 3 is 2.42 bits per heavy atom. The minimum Gasteiger partial charge on any atom is -0.487 e. The van der Waals surface area contributed by atoms with Gasteiger partial charge < -0.3 is 15.2 Å². The molecule has 0 saturated heterocycles. The molecule has 2 N–H and O–H groups in total. The van der Waals surface area contributed by atoms with E-state index in [9.17, 15) is 0 Å². The molecule has 0 unspecified atom stereocenters. The second-order valence-electron chi connectivity index (χ2n) is 8.56. The van der Waals surface area contributed by atoms with E-state index >= 15 is 0 Å². The molecule has 0 aliphatic heterocycles. The lowest BCUT2D eigenvalue weighted by Gasteiger charge is -2.31. The van der Waals surface area contributed by atoms with Crippen molar-refractivity contribution in [3.63, 3.8) is 0 Å². The molecule has 0 atom stereocenters. The molecule has 0 amide bonds. The van der Waals surface area contributed by atoms with Crippen LogP contribution in [-0.4, -0.2) is 26.3 Å². The molecule has 1 heterocycles. The van der Waals surface area contributed by atoms with E-state index in [1.165, 1.54) is 0 Å². The Morgan fingerprint density at radius 1 is 1.29 bits per heavy atom. The molecule has 1 radical (unpaired) electrons. The van der Waals surface area contributed by atoms with Gasteiger partial charge in [0.25, 0.3) is 0 Å². The van der Waals surface area contributed by atoms with Crippen molar-refractivity contribution in [2.45, 2.75) is 53.4 Å². The van der Waals surface area contributed by atoms with E-state index in [2.05, 4.69) is 52.0 Å². The molecule has 0 fully saturated rings. The number of nitrogen functional groups attached to an aromatic ring is 1. The molecule has 24 heavy (non-hydrogen) atoms. The zero-order valence-electron chi connectivity index (χ0n) is 16.3. The first-order valence-electron chi connectivity index (χ1n) is 8.44. The van der Waals surface area contributed by atoms with E-state index < -0.39 is 8.07 Å². The third-order valence-electron chi connectivity index (χ3n) is 3.42. The number of hydrogen-bond acceptors (Lipinski definition) is 4. The zero-order valence-corrected chi connectivity index (χ0v) is 17.3. The Bertz CT molecular complexity index is 559. The van der Waals surface area contributed by atoms with Crippen LogP contribution in [0.25, 0.3) is 0 Å². The van der Waals surface area contributed by atoms with Crippen LogP contribution in [0, 0.1) is 11.5 Å². The van der Waals surface area contributed by atoms with Gasteiger partial charge in [-0.25, -0.2) is 0 Å². The lowest BCUT2D eigenvalue weighted by molar-refractivity contribution is 0.102. The third-order valence-corrected chi connectivity index (χ3v) is 5.12. The lowest BCUT2D eigenvalue weighted by atomic mass is 9.86. The summed E-state index contributed by atoms with van der Waals surface area (Å²) in [7, 11) is -1.16. The van der Waals surface area contributed by atoms with E-state index in [1.807, 2.05) is 6.92 Å². The molecular weight excluding hydrogens is 316 g/mol. The smallest absolute Gasteiger partial charge is 0.152 e. The minimum absolute atomic E-state index is 0.187. The van der Waals surface area contributed by atoms with Gasteiger partial charge in [-0.1, -0.05) is 47.0 Å². The van der Waals surface area contributed by atoms with Gasteiger partial charge in [0.05, 0.1) is 5.69 Å².